The normalized spacial score (nSPS) is 10.4. The van der Waals surface area contributed by atoms with E-state index in [1.54, 1.807) is 0 Å². The molecule has 0 aliphatic rings. The van der Waals surface area contributed by atoms with Crippen LogP contribution in [0.5, 0.6) is 0 Å². The molecule has 4 heteroatoms. The van der Waals surface area contributed by atoms with Crippen molar-refractivity contribution in [2.45, 2.75) is 0 Å². The fourth-order valence-electron chi connectivity index (χ4n) is 1.96. The molecule has 0 radical (unpaired) electrons. The zero-order valence-electron chi connectivity index (χ0n) is 9.55. The summed E-state index contributed by atoms with van der Waals surface area (Å²) >= 11 is 4.99. The fraction of sp³-hybridized carbons (Fsp3) is 0. The van der Waals surface area contributed by atoms with Gasteiger partial charge in [0.15, 0.2) is 5.82 Å². The molecule has 0 saturated carbocycles. The van der Waals surface area contributed by atoms with Crippen LogP contribution < -0.4 is 0 Å². The van der Waals surface area contributed by atoms with Crippen LogP contribution in [0, 0.1) is 4.77 Å². The largest absolute Gasteiger partial charge is 0.282 e. The monoisotopic (exact) mass is 253 g/mol. The number of hydrogen-bond acceptors (Lipinski definition) is 2. The lowest BCUT2D eigenvalue weighted by Gasteiger charge is -2.06. The van der Waals surface area contributed by atoms with Crippen LogP contribution >= 0.6 is 12.2 Å². The van der Waals surface area contributed by atoms with Crippen molar-refractivity contribution in [3.05, 3.63) is 59.4 Å². The highest BCUT2D eigenvalue weighted by atomic mass is 32.1. The maximum absolute atomic E-state index is 4.99. The van der Waals surface area contributed by atoms with E-state index in [0.29, 0.717) is 4.77 Å². The smallest absolute Gasteiger partial charge is 0.213 e. The van der Waals surface area contributed by atoms with Crippen molar-refractivity contribution in [2.24, 2.45) is 0 Å². The summed E-state index contributed by atoms with van der Waals surface area (Å²) in [6.45, 7) is 0. The Morgan fingerprint density at radius 1 is 0.778 bits per heavy atom. The van der Waals surface area contributed by atoms with E-state index in [4.69, 9.17) is 12.2 Å². The van der Waals surface area contributed by atoms with Crippen molar-refractivity contribution in [3.63, 3.8) is 0 Å². The number of rotatable bonds is 2. The third-order valence-electron chi connectivity index (χ3n) is 2.77. The number of H-pyrrole nitrogens is 2. The molecule has 0 fully saturated rings. The van der Waals surface area contributed by atoms with Gasteiger partial charge in [0.25, 0.3) is 0 Å². The van der Waals surface area contributed by atoms with Gasteiger partial charge in [-0.05, 0) is 23.3 Å². The topological polar surface area (TPSA) is 44.5 Å². The van der Waals surface area contributed by atoms with Gasteiger partial charge >= 0.3 is 0 Å². The van der Waals surface area contributed by atoms with Gasteiger partial charge in [-0.2, -0.15) is 4.98 Å². The van der Waals surface area contributed by atoms with E-state index >= 15 is 0 Å². The summed E-state index contributed by atoms with van der Waals surface area (Å²) in [4.78, 5) is 4.27. The van der Waals surface area contributed by atoms with Crippen LogP contribution in [0.4, 0.5) is 0 Å². The molecule has 3 rings (SSSR count). The minimum atomic E-state index is 0.466. The van der Waals surface area contributed by atoms with Gasteiger partial charge in [0, 0.05) is 5.56 Å². The maximum Gasteiger partial charge on any atom is 0.213 e. The van der Waals surface area contributed by atoms with Gasteiger partial charge in [0.2, 0.25) is 4.77 Å². The first-order valence-electron chi connectivity index (χ1n) is 5.64. The summed E-state index contributed by atoms with van der Waals surface area (Å²) < 4.78 is 0.466. The lowest BCUT2D eigenvalue weighted by atomic mass is 9.99. The molecule has 0 bridgehead atoms. The first kappa shape index (κ1) is 10.9. The van der Waals surface area contributed by atoms with Crippen LogP contribution in [0.3, 0.4) is 0 Å². The second-order valence-corrected chi connectivity index (χ2v) is 4.31. The van der Waals surface area contributed by atoms with E-state index in [0.717, 1.165) is 22.5 Å². The molecule has 0 aliphatic carbocycles. The quantitative estimate of drug-likeness (QED) is 0.682. The van der Waals surface area contributed by atoms with E-state index in [9.17, 15) is 0 Å². The molecule has 18 heavy (non-hydrogen) atoms. The Labute approximate surface area is 110 Å². The van der Waals surface area contributed by atoms with Crippen LogP contribution in [-0.4, -0.2) is 15.2 Å². The lowest BCUT2D eigenvalue weighted by Crippen LogP contribution is -1.86. The second kappa shape index (κ2) is 4.58. The Morgan fingerprint density at radius 3 is 2.11 bits per heavy atom. The Hall–Kier alpha value is -2.20. The predicted molar refractivity (Wildman–Crippen MR) is 74.6 cm³/mol. The van der Waals surface area contributed by atoms with Crippen LogP contribution in [0.15, 0.2) is 54.6 Å². The van der Waals surface area contributed by atoms with E-state index < -0.39 is 0 Å². The number of aromatic amines is 2. The van der Waals surface area contributed by atoms with Gasteiger partial charge in [-0.25, -0.2) is 0 Å². The van der Waals surface area contributed by atoms with Gasteiger partial charge in [-0.1, -0.05) is 54.6 Å². The first-order chi connectivity index (χ1) is 8.84. The molecule has 1 heterocycles. The average molecular weight is 253 g/mol. The van der Waals surface area contributed by atoms with Crippen molar-refractivity contribution in [1.82, 2.24) is 15.2 Å². The van der Waals surface area contributed by atoms with Crippen molar-refractivity contribution < 1.29 is 0 Å². The summed E-state index contributed by atoms with van der Waals surface area (Å²) in [5, 5.41) is 5.82. The van der Waals surface area contributed by atoms with Crippen molar-refractivity contribution in [3.8, 4) is 22.5 Å². The third kappa shape index (κ3) is 1.98. The van der Waals surface area contributed by atoms with Gasteiger partial charge in [-0.3, -0.25) is 10.2 Å². The number of benzene rings is 2. The molecule has 1 aromatic heterocycles. The van der Waals surface area contributed by atoms with Gasteiger partial charge < -0.3 is 0 Å². The number of aromatic nitrogens is 3. The minimum Gasteiger partial charge on any atom is -0.282 e. The number of nitrogens with zero attached hydrogens (tertiary/aromatic N) is 1. The minimum absolute atomic E-state index is 0.466. The average Bonchev–Trinajstić information content (AvgIpc) is 2.86. The summed E-state index contributed by atoms with van der Waals surface area (Å²) in [6.07, 6.45) is 0. The predicted octanol–water partition coefficient (Wildman–Crippen LogP) is 3.80. The number of nitrogens with one attached hydrogen (secondary N) is 2. The van der Waals surface area contributed by atoms with Crippen molar-refractivity contribution >= 4 is 12.2 Å². The summed E-state index contributed by atoms with van der Waals surface area (Å²) in [5.74, 6) is 0.763. The summed E-state index contributed by atoms with van der Waals surface area (Å²) in [7, 11) is 0. The molecular formula is C14H11N3S. The molecule has 2 aromatic carbocycles. The fourth-order valence-corrected chi connectivity index (χ4v) is 2.10. The highest BCUT2D eigenvalue weighted by Crippen LogP contribution is 2.29. The Morgan fingerprint density at radius 2 is 1.44 bits per heavy atom. The first-order valence-corrected chi connectivity index (χ1v) is 6.05. The molecule has 3 nitrogen and oxygen atoms in total. The van der Waals surface area contributed by atoms with E-state index in [2.05, 4.69) is 33.4 Å². The van der Waals surface area contributed by atoms with Gasteiger partial charge in [-0.15, -0.1) is 0 Å². The van der Waals surface area contributed by atoms with Crippen molar-refractivity contribution in [1.29, 1.82) is 0 Å². The van der Waals surface area contributed by atoms with Crippen LogP contribution in [0.25, 0.3) is 22.5 Å². The standard InChI is InChI=1S/C14H11N3S/c18-14-15-13(16-17-14)12-9-5-4-8-11(12)10-6-2-1-3-7-10/h1-9H,(H2,15,16,17,18). The van der Waals surface area contributed by atoms with Crippen LogP contribution in [0.1, 0.15) is 0 Å². The van der Waals surface area contributed by atoms with Crippen LogP contribution in [-0.2, 0) is 0 Å². The molecule has 0 amide bonds. The number of hydrogen-bond donors (Lipinski definition) is 2. The SMILES string of the molecule is S=c1nc(-c2ccccc2-c2ccccc2)[nH][nH]1. The molecule has 0 aliphatic heterocycles. The third-order valence-corrected chi connectivity index (χ3v) is 2.96. The van der Waals surface area contributed by atoms with Gasteiger partial charge in [0.05, 0.1) is 0 Å². The summed E-state index contributed by atoms with van der Waals surface area (Å²) in [6, 6.07) is 18.4. The molecule has 0 saturated heterocycles. The summed E-state index contributed by atoms with van der Waals surface area (Å²) in [5.41, 5.74) is 3.34. The molecule has 2 N–H and O–H groups in total. The van der Waals surface area contributed by atoms with E-state index in [-0.39, 0.29) is 0 Å². The molecule has 0 unspecified atom stereocenters. The second-order valence-electron chi connectivity index (χ2n) is 3.93. The molecule has 0 atom stereocenters. The Bertz CT molecular complexity index is 713. The Balaban J connectivity index is 2.20. The maximum atomic E-state index is 4.99. The zero-order valence-corrected chi connectivity index (χ0v) is 10.4. The molecule has 88 valence electrons. The highest BCUT2D eigenvalue weighted by Gasteiger charge is 2.08. The van der Waals surface area contributed by atoms with Crippen LogP contribution in [0.2, 0.25) is 0 Å². The molecule has 3 aromatic rings. The lowest BCUT2D eigenvalue weighted by molar-refractivity contribution is 1.08. The van der Waals surface area contributed by atoms with E-state index in [1.807, 2.05) is 36.4 Å². The zero-order chi connectivity index (χ0) is 12.4. The Kier molecular flexibility index (Phi) is 2.78. The van der Waals surface area contributed by atoms with Crippen molar-refractivity contribution in [2.75, 3.05) is 0 Å². The van der Waals surface area contributed by atoms with E-state index in [1.165, 1.54) is 0 Å². The van der Waals surface area contributed by atoms with Gasteiger partial charge in [0.1, 0.15) is 0 Å². The molecule has 0 spiro atoms. The molecular weight excluding hydrogens is 242 g/mol. The highest BCUT2D eigenvalue weighted by molar-refractivity contribution is 7.71.